The van der Waals surface area contributed by atoms with Crippen LogP contribution in [-0.4, -0.2) is 31.7 Å². The number of pyridine rings is 1. The summed E-state index contributed by atoms with van der Waals surface area (Å²) in [7, 11) is 3.23. The quantitative estimate of drug-likeness (QED) is 0.176. The highest BCUT2D eigenvalue weighted by Gasteiger charge is 2.14. The Hall–Kier alpha value is -3.84. The number of nitrogen functional groups attached to an aromatic ring is 1. The molecule has 0 amide bonds. The summed E-state index contributed by atoms with van der Waals surface area (Å²) in [4.78, 5) is 4.49. The number of nitrogens with zero attached hydrogens (tertiary/aromatic N) is 1. The molecule has 182 valence electrons. The number of fused-ring (bicyclic) bond motifs is 1. The molecule has 0 radical (unpaired) electrons. The number of ether oxygens (including phenoxy) is 4. The molecule has 0 spiro atoms. The van der Waals surface area contributed by atoms with Gasteiger partial charge < -0.3 is 30.0 Å². The summed E-state index contributed by atoms with van der Waals surface area (Å²) < 4.78 is 22.8. The third kappa shape index (κ3) is 5.81. The number of rotatable bonds is 11. The molecule has 0 aliphatic heterocycles. The molecule has 4 aromatic rings. The van der Waals surface area contributed by atoms with Crippen LogP contribution in [0.25, 0.3) is 10.9 Å². The summed E-state index contributed by atoms with van der Waals surface area (Å²) in [5, 5.41) is 4.23. The Labute approximate surface area is 209 Å². The van der Waals surface area contributed by atoms with Gasteiger partial charge in [-0.3, -0.25) is 4.98 Å². The zero-order valence-electron chi connectivity index (χ0n) is 19.7. The summed E-state index contributed by atoms with van der Waals surface area (Å²) in [6.45, 7) is 0.554. The molecular formula is C27H28ClN3O4. The van der Waals surface area contributed by atoms with Crippen LogP contribution in [0.5, 0.6) is 28.7 Å². The van der Waals surface area contributed by atoms with Crippen LogP contribution in [0.2, 0.25) is 0 Å². The topological polar surface area (TPSA) is 87.9 Å². The highest BCUT2D eigenvalue weighted by atomic mass is 35.5. The van der Waals surface area contributed by atoms with Gasteiger partial charge in [-0.15, -0.1) is 11.6 Å². The van der Waals surface area contributed by atoms with Crippen molar-refractivity contribution in [3.05, 3.63) is 66.9 Å². The number of alkyl halides is 1. The van der Waals surface area contributed by atoms with Crippen molar-refractivity contribution in [1.29, 1.82) is 0 Å². The van der Waals surface area contributed by atoms with Gasteiger partial charge in [-0.25, -0.2) is 0 Å². The van der Waals surface area contributed by atoms with Gasteiger partial charge >= 0.3 is 0 Å². The second-order valence-corrected chi connectivity index (χ2v) is 8.13. The maximum Gasteiger partial charge on any atom is 0.169 e. The van der Waals surface area contributed by atoms with E-state index >= 15 is 0 Å². The molecule has 0 atom stereocenters. The molecule has 7 nitrogen and oxygen atoms in total. The monoisotopic (exact) mass is 493 g/mol. The zero-order chi connectivity index (χ0) is 24.6. The van der Waals surface area contributed by atoms with E-state index in [0.717, 1.165) is 35.1 Å². The number of halogens is 1. The molecule has 1 aromatic heterocycles. The molecule has 0 aliphatic carbocycles. The summed E-state index contributed by atoms with van der Waals surface area (Å²) in [6, 6.07) is 18.9. The lowest BCUT2D eigenvalue weighted by Gasteiger charge is -2.16. The highest BCUT2D eigenvalue weighted by Crippen LogP contribution is 2.38. The van der Waals surface area contributed by atoms with Crippen molar-refractivity contribution in [3.63, 3.8) is 0 Å². The van der Waals surface area contributed by atoms with E-state index < -0.39 is 0 Å². The lowest BCUT2D eigenvalue weighted by Crippen LogP contribution is -2.02. The molecule has 0 unspecified atom stereocenters. The number of hydrogen-bond acceptors (Lipinski definition) is 7. The fraction of sp³-hybridized carbons (Fsp3) is 0.222. The number of nitrogens with one attached hydrogen (secondary N) is 1. The predicted molar refractivity (Wildman–Crippen MR) is 141 cm³/mol. The summed E-state index contributed by atoms with van der Waals surface area (Å²) in [5.74, 6) is 3.86. The first-order chi connectivity index (χ1) is 17.1. The fourth-order valence-corrected chi connectivity index (χ4v) is 3.78. The van der Waals surface area contributed by atoms with E-state index in [2.05, 4.69) is 10.3 Å². The first-order valence-electron chi connectivity index (χ1n) is 11.3. The molecule has 3 N–H and O–H groups in total. The molecule has 0 aliphatic rings. The van der Waals surface area contributed by atoms with Gasteiger partial charge in [-0.05, 0) is 55.3 Å². The van der Waals surface area contributed by atoms with Crippen molar-refractivity contribution >= 4 is 39.6 Å². The highest BCUT2D eigenvalue weighted by molar-refractivity contribution is 6.17. The molecule has 0 saturated heterocycles. The molecule has 0 bridgehead atoms. The van der Waals surface area contributed by atoms with Crippen LogP contribution in [0.3, 0.4) is 0 Å². The normalized spacial score (nSPS) is 10.7. The van der Waals surface area contributed by atoms with Gasteiger partial charge in [0.25, 0.3) is 0 Å². The largest absolute Gasteiger partial charge is 0.493 e. The van der Waals surface area contributed by atoms with E-state index in [9.17, 15) is 0 Å². The summed E-state index contributed by atoms with van der Waals surface area (Å²) in [5.41, 5.74) is 9.13. The standard InChI is InChI=1S/C27H28ClN3O4/c1-32-23-7-3-4-8-24(23)35-19-11-9-18(10-12-19)31-27-20-15-25(33-2)26(34-14-6-5-13-28)16-22(20)30-17-21(27)29/h3-4,7-12,15-17H,5-6,13-14,29H2,1-2H3,(H,30,31). The second-order valence-electron chi connectivity index (χ2n) is 7.76. The fourth-order valence-electron chi connectivity index (χ4n) is 3.59. The van der Waals surface area contributed by atoms with E-state index in [-0.39, 0.29) is 0 Å². The second kappa shape index (κ2) is 11.5. The molecule has 35 heavy (non-hydrogen) atoms. The Morgan fingerprint density at radius 3 is 2.34 bits per heavy atom. The van der Waals surface area contributed by atoms with Crippen LogP contribution >= 0.6 is 11.6 Å². The van der Waals surface area contributed by atoms with Crippen molar-refractivity contribution in [1.82, 2.24) is 4.98 Å². The average molecular weight is 494 g/mol. The van der Waals surface area contributed by atoms with Crippen LogP contribution in [0.1, 0.15) is 12.8 Å². The number of aromatic nitrogens is 1. The van der Waals surface area contributed by atoms with Crippen LogP contribution in [-0.2, 0) is 0 Å². The third-order valence-electron chi connectivity index (χ3n) is 5.39. The maximum absolute atomic E-state index is 6.29. The number of nitrogens with two attached hydrogens (primary N) is 1. The minimum atomic E-state index is 0.518. The van der Waals surface area contributed by atoms with Gasteiger partial charge in [0.05, 0.1) is 43.9 Å². The van der Waals surface area contributed by atoms with Crippen LogP contribution in [0.4, 0.5) is 17.1 Å². The van der Waals surface area contributed by atoms with Crippen LogP contribution < -0.4 is 30.0 Å². The Kier molecular flexibility index (Phi) is 8.00. The predicted octanol–water partition coefficient (Wildman–Crippen LogP) is 6.77. The Balaban J connectivity index is 1.56. The van der Waals surface area contributed by atoms with Gasteiger partial charge in [0.15, 0.2) is 23.0 Å². The number of anilines is 3. The first-order valence-corrected chi connectivity index (χ1v) is 11.8. The SMILES string of the molecule is COc1cc2c(Nc3ccc(Oc4ccccc4OC)cc3)c(N)cnc2cc1OCCCCCl. The van der Waals surface area contributed by atoms with Crippen LogP contribution in [0, 0.1) is 0 Å². The maximum atomic E-state index is 6.29. The molecule has 4 rings (SSSR count). The van der Waals surface area contributed by atoms with E-state index in [4.69, 9.17) is 36.3 Å². The van der Waals surface area contributed by atoms with E-state index in [0.29, 0.717) is 46.9 Å². The molecular weight excluding hydrogens is 466 g/mol. The molecule has 1 heterocycles. The zero-order valence-corrected chi connectivity index (χ0v) is 20.5. The Morgan fingerprint density at radius 2 is 1.63 bits per heavy atom. The van der Waals surface area contributed by atoms with E-state index in [1.165, 1.54) is 0 Å². The van der Waals surface area contributed by atoms with E-state index in [1.54, 1.807) is 20.4 Å². The van der Waals surface area contributed by atoms with Crippen molar-refractivity contribution < 1.29 is 18.9 Å². The summed E-state index contributed by atoms with van der Waals surface area (Å²) in [6.07, 6.45) is 3.39. The van der Waals surface area contributed by atoms with Gasteiger partial charge in [0.2, 0.25) is 0 Å². The smallest absolute Gasteiger partial charge is 0.169 e. The Morgan fingerprint density at radius 1 is 0.886 bits per heavy atom. The minimum absolute atomic E-state index is 0.518. The lowest BCUT2D eigenvalue weighted by atomic mass is 10.1. The number of hydrogen-bond donors (Lipinski definition) is 2. The molecule has 8 heteroatoms. The first kappa shape index (κ1) is 24.3. The molecule has 0 fully saturated rings. The van der Waals surface area contributed by atoms with Crippen LogP contribution in [0.15, 0.2) is 66.9 Å². The van der Waals surface area contributed by atoms with Gasteiger partial charge in [0, 0.05) is 23.0 Å². The third-order valence-corrected chi connectivity index (χ3v) is 5.66. The Bertz CT molecular complexity index is 1280. The van der Waals surface area contributed by atoms with Crippen molar-refractivity contribution in [2.24, 2.45) is 0 Å². The van der Waals surface area contributed by atoms with Crippen molar-refractivity contribution in [2.75, 3.05) is 37.8 Å². The number of benzene rings is 3. The number of unbranched alkanes of at least 4 members (excludes halogenated alkanes) is 1. The molecule has 0 saturated carbocycles. The van der Waals surface area contributed by atoms with Crippen molar-refractivity contribution in [2.45, 2.75) is 12.8 Å². The number of methoxy groups -OCH3 is 2. The van der Waals surface area contributed by atoms with E-state index in [1.807, 2.05) is 60.7 Å². The van der Waals surface area contributed by atoms with Gasteiger partial charge in [-0.1, -0.05) is 12.1 Å². The molecule has 3 aromatic carbocycles. The minimum Gasteiger partial charge on any atom is -0.493 e. The average Bonchev–Trinajstić information content (AvgIpc) is 2.89. The van der Waals surface area contributed by atoms with Gasteiger partial charge in [-0.2, -0.15) is 0 Å². The number of para-hydroxylation sites is 2. The van der Waals surface area contributed by atoms with Gasteiger partial charge in [0.1, 0.15) is 5.75 Å². The lowest BCUT2D eigenvalue weighted by molar-refractivity contribution is 0.289. The summed E-state index contributed by atoms with van der Waals surface area (Å²) >= 11 is 5.75. The van der Waals surface area contributed by atoms with Crippen molar-refractivity contribution in [3.8, 4) is 28.7 Å².